The molecule has 5 rings (SSSR count). The summed E-state index contributed by atoms with van der Waals surface area (Å²) in [6, 6.07) is 18.0. The summed E-state index contributed by atoms with van der Waals surface area (Å²) in [5, 5.41) is 31.1. The molecule has 2 aliphatic rings. The maximum Gasteiger partial charge on any atom is 0.131 e. The molecule has 0 radical (unpaired) electrons. The second kappa shape index (κ2) is 11.5. The molecule has 0 amide bonds. The number of pyridine rings is 1. The lowest BCUT2D eigenvalue weighted by Crippen LogP contribution is -2.55. The molecule has 3 N–H and O–H groups in total. The van der Waals surface area contributed by atoms with E-state index in [1.54, 1.807) is 6.20 Å². The predicted molar refractivity (Wildman–Crippen MR) is 156 cm³/mol. The first-order valence-electron chi connectivity index (χ1n) is 13.6. The van der Waals surface area contributed by atoms with Crippen molar-refractivity contribution in [1.82, 2.24) is 9.88 Å². The summed E-state index contributed by atoms with van der Waals surface area (Å²) in [5.41, 5.74) is 4.74. The van der Waals surface area contributed by atoms with Crippen LogP contribution in [0.2, 0.25) is 0 Å². The Labute approximate surface area is 239 Å². The smallest absolute Gasteiger partial charge is 0.131 e. The molecule has 0 saturated carbocycles. The third kappa shape index (κ3) is 5.83. The van der Waals surface area contributed by atoms with Crippen LogP contribution in [0.5, 0.6) is 5.75 Å². The van der Waals surface area contributed by atoms with Gasteiger partial charge in [-0.3, -0.25) is 4.98 Å². The van der Waals surface area contributed by atoms with Crippen LogP contribution in [0.4, 0.5) is 0 Å². The molecule has 1 fully saturated rings. The minimum atomic E-state index is -0.875. The number of rotatable bonds is 7. The first-order chi connectivity index (χ1) is 18.7. The van der Waals surface area contributed by atoms with Crippen molar-refractivity contribution in [2.75, 3.05) is 26.2 Å². The summed E-state index contributed by atoms with van der Waals surface area (Å²) in [6.45, 7) is 6.92. The van der Waals surface area contributed by atoms with E-state index in [4.69, 9.17) is 4.74 Å². The van der Waals surface area contributed by atoms with Gasteiger partial charge in [-0.1, -0.05) is 60.1 Å². The summed E-state index contributed by atoms with van der Waals surface area (Å²) in [6.07, 6.45) is 5.15. The molecule has 0 spiro atoms. The number of halogens is 1. The quantitative estimate of drug-likeness (QED) is 0.355. The average molecular weight is 594 g/mol. The number of aromatic nitrogens is 1. The van der Waals surface area contributed by atoms with Gasteiger partial charge >= 0.3 is 0 Å². The van der Waals surface area contributed by atoms with Crippen molar-refractivity contribution in [2.24, 2.45) is 5.41 Å². The number of likely N-dealkylation sites (tertiary alicyclic amines) is 1. The third-order valence-electron chi connectivity index (χ3n) is 8.20. The third-order valence-corrected chi connectivity index (χ3v) is 8.73. The minimum Gasteiger partial charge on any atom is -0.487 e. The second-order valence-corrected chi connectivity index (χ2v) is 12.3. The molecule has 2 atom stereocenters. The summed E-state index contributed by atoms with van der Waals surface area (Å²) < 4.78 is 7.14. The zero-order chi connectivity index (χ0) is 27.6. The van der Waals surface area contributed by atoms with Crippen LogP contribution in [0, 0.1) is 5.41 Å². The molecule has 2 aromatic carbocycles. The van der Waals surface area contributed by atoms with Crippen LogP contribution in [0.25, 0.3) is 5.57 Å². The lowest BCUT2D eigenvalue weighted by molar-refractivity contribution is -0.125. The summed E-state index contributed by atoms with van der Waals surface area (Å²) in [7, 11) is 0. The zero-order valence-corrected chi connectivity index (χ0v) is 24.2. The van der Waals surface area contributed by atoms with Gasteiger partial charge in [0, 0.05) is 53.3 Å². The van der Waals surface area contributed by atoms with Gasteiger partial charge in [-0.15, -0.1) is 0 Å². The molecule has 2 aliphatic heterocycles. The fraction of sp³-hybridized carbons (Fsp3) is 0.406. The topological polar surface area (TPSA) is 86.1 Å². The molecule has 7 heteroatoms. The molecular formula is C32H37BrN2O4. The number of aliphatic hydroxyl groups is 3. The number of hydrogen-bond acceptors (Lipinski definition) is 6. The number of aliphatic hydroxyl groups excluding tert-OH is 2. The maximum atomic E-state index is 11.8. The number of nitrogens with zero attached hydrogens (tertiary/aromatic N) is 2. The van der Waals surface area contributed by atoms with Crippen LogP contribution in [0.3, 0.4) is 0 Å². The Morgan fingerprint density at radius 3 is 2.67 bits per heavy atom. The predicted octanol–water partition coefficient (Wildman–Crippen LogP) is 5.07. The molecule has 0 aliphatic carbocycles. The Morgan fingerprint density at radius 2 is 1.92 bits per heavy atom. The van der Waals surface area contributed by atoms with Gasteiger partial charge in [0.15, 0.2) is 0 Å². The molecule has 3 heterocycles. The van der Waals surface area contributed by atoms with Crippen LogP contribution in [0.1, 0.15) is 54.6 Å². The van der Waals surface area contributed by atoms with Crippen LogP contribution in [-0.4, -0.2) is 57.5 Å². The van der Waals surface area contributed by atoms with Crippen molar-refractivity contribution in [3.63, 3.8) is 0 Å². The number of benzene rings is 2. The summed E-state index contributed by atoms with van der Waals surface area (Å²) in [4.78, 5) is 7.02. The molecule has 1 unspecified atom stereocenters. The van der Waals surface area contributed by atoms with E-state index in [1.165, 1.54) is 0 Å². The van der Waals surface area contributed by atoms with E-state index in [2.05, 4.69) is 57.9 Å². The van der Waals surface area contributed by atoms with Crippen LogP contribution < -0.4 is 4.74 Å². The van der Waals surface area contributed by atoms with Gasteiger partial charge in [0.1, 0.15) is 12.4 Å². The first kappa shape index (κ1) is 28.0. The van der Waals surface area contributed by atoms with Crippen LogP contribution >= 0.6 is 15.9 Å². The monoisotopic (exact) mass is 592 g/mol. The van der Waals surface area contributed by atoms with E-state index in [0.29, 0.717) is 19.4 Å². The molecule has 1 saturated heterocycles. The normalized spacial score (nSPS) is 22.5. The Kier molecular flexibility index (Phi) is 8.26. The number of fused-ring (bicyclic) bond motifs is 2. The van der Waals surface area contributed by atoms with Crippen molar-refractivity contribution in [3.05, 3.63) is 99.3 Å². The van der Waals surface area contributed by atoms with E-state index < -0.39 is 11.7 Å². The standard InChI is InChI=1S/C32H37BrN2O4/c1-31(2)21-35(16-13-32(31,38)23-8-10-24(33)11-9-23)15-4-6-26-27-5-3-14-34-29(27)20-39-30-12-7-22(18-28(26)30)17-25(37)19-36/h3,5-12,14,18,25,36-38H,4,13,15-17,19-21H2,1-2H3/b26-6+/t25?,32-/m0/s1. The van der Waals surface area contributed by atoms with Crippen LogP contribution in [-0.2, 0) is 18.6 Å². The SMILES string of the molecule is CC1(C)CN(CC/C=C2/c3cc(CC(O)CO)ccc3OCc3ncccc32)CC[C@]1(O)c1ccc(Br)cc1. The van der Waals surface area contributed by atoms with Gasteiger partial charge in [0.2, 0.25) is 0 Å². The van der Waals surface area contributed by atoms with Gasteiger partial charge in [0.05, 0.1) is 24.0 Å². The van der Waals surface area contributed by atoms with E-state index in [0.717, 1.165) is 69.8 Å². The van der Waals surface area contributed by atoms with Crippen molar-refractivity contribution in [2.45, 2.75) is 51.4 Å². The highest BCUT2D eigenvalue weighted by Gasteiger charge is 2.48. The molecule has 6 nitrogen and oxygen atoms in total. The molecule has 1 aromatic heterocycles. The highest BCUT2D eigenvalue weighted by molar-refractivity contribution is 9.10. The van der Waals surface area contributed by atoms with Gasteiger partial charge in [-0.05, 0) is 59.9 Å². The highest BCUT2D eigenvalue weighted by Crippen LogP contribution is 2.46. The van der Waals surface area contributed by atoms with Gasteiger partial charge < -0.3 is 25.0 Å². The minimum absolute atomic E-state index is 0.272. The van der Waals surface area contributed by atoms with E-state index in [9.17, 15) is 15.3 Å². The molecular weight excluding hydrogens is 556 g/mol. The zero-order valence-electron chi connectivity index (χ0n) is 22.6. The fourth-order valence-corrected chi connectivity index (χ4v) is 6.22. The highest BCUT2D eigenvalue weighted by atomic mass is 79.9. The lowest BCUT2D eigenvalue weighted by Gasteiger charge is -2.50. The largest absolute Gasteiger partial charge is 0.487 e. The molecule has 206 valence electrons. The van der Waals surface area contributed by atoms with Crippen molar-refractivity contribution < 1.29 is 20.1 Å². The van der Waals surface area contributed by atoms with Crippen molar-refractivity contribution in [3.8, 4) is 5.75 Å². The first-order valence-corrected chi connectivity index (χ1v) is 14.4. The molecule has 3 aromatic rings. The Morgan fingerprint density at radius 1 is 1.13 bits per heavy atom. The Hall–Kier alpha value is -2.55. The number of piperidine rings is 1. The summed E-state index contributed by atoms with van der Waals surface area (Å²) in [5.74, 6) is 0.792. The van der Waals surface area contributed by atoms with Crippen LogP contribution in [0.15, 0.2) is 71.3 Å². The number of ether oxygens (including phenoxy) is 1. The second-order valence-electron chi connectivity index (χ2n) is 11.3. The van der Waals surface area contributed by atoms with Crippen molar-refractivity contribution in [1.29, 1.82) is 0 Å². The molecule has 39 heavy (non-hydrogen) atoms. The van der Waals surface area contributed by atoms with E-state index >= 15 is 0 Å². The summed E-state index contributed by atoms with van der Waals surface area (Å²) >= 11 is 3.50. The van der Waals surface area contributed by atoms with E-state index in [-0.39, 0.29) is 12.0 Å². The fourth-order valence-electron chi connectivity index (χ4n) is 5.96. The van der Waals surface area contributed by atoms with E-state index in [1.807, 2.05) is 42.5 Å². The Balaban J connectivity index is 1.37. The maximum absolute atomic E-state index is 11.8. The average Bonchev–Trinajstić information content (AvgIpc) is 3.07. The van der Waals surface area contributed by atoms with Crippen molar-refractivity contribution >= 4 is 21.5 Å². The molecule has 0 bridgehead atoms. The lowest BCUT2D eigenvalue weighted by atomic mass is 9.66. The van der Waals surface area contributed by atoms with Gasteiger partial charge in [-0.2, -0.15) is 0 Å². The number of hydrogen-bond donors (Lipinski definition) is 3. The Bertz CT molecular complexity index is 1340. The van der Waals surface area contributed by atoms with Gasteiger partial charge in [0.25, 0.3) is 0 Å². The van der Waals surface area contributed by atoms with Gasteiger partial charge in [-0.25, -0.2) is 0 Å².